The average Bonchev–Trinajstić information content (AvgIpc) is 3.09. The van der Waals surface area contributed by atoms with Crippen LogP contribution in [0.2, 0.25) is 0 Å². The van der Waals surface area contributed by atoms with E-state index < -0.39 is 10.7 Å². The lowest BCUT2D eigenvalue weighted by Gasteiger charge is -2.26. The van der Waals surface area contributed by atoms with Gasteiger partial charge in [-0.1, -0.05) is 6.07 Å². The molecule has 6 heteroatoms. The monoisotopic (exact) mass is 292 g/mol. The minimum atomic E-state index is -0.576. The molecule has 3 rings (SSSR count). The number of thiophene rings is 1. The lowest BCUT2D eigenvalue weighted by molar-refractivity contribution is -0.385. The normalized spacial score (nSPS) is 18.4. The molecule has 0 amide bonds. The van der Waals surface area contributed by atoms with Crippen LogP contribution in [0.3, 0.4) is 0 Å². The fourth-order valence-corrected chi connectivity index (χ4v) is 3.55. The van der Waals surface area contributed by atoms with E-state index in [0.717, 1.165) is 25.5 Å². The highest BCUT2D eigenvalue weighted by atomic mass is 32.1. The number of non-ortho nitro benzene ring substituents is 1. The molecule has 20 heavy (non-hydrogen) atoms. The molecule has 1 aliphatic heterocycles. The van der Waals surface area contributed by atoms with Gasteiger partial charge in [-0.25, -0.2) is 4.39 Å². The maximum atomic E-state index is 14.1. The minimum Gasteiger partial charge on any atom is -0.361 e. The highest BCUT2D eigenvalue weighted by molar-refractivity contribution is 7.10. The highest BCUT2D eigenvalue weighted by Crippen LogP contribution is 2.39. The van der Waals surface area contributed by atoms with Crippen LogP contribution in [-0.2, 0) is 0 Å². The number of hydrogen-bond acceptors (Lipinski definition) is 4. The molecular weight excluding hydrogens is 279 g/mol. The first-order chi connectivity index (χ1) is 9.66. The van der Waals surface area contributed by atoms with Gasteiger partial charge in [-0.2, -0.15) is 0 Å². The molecule has 104 valence electrons. The van der Waals surface area contributed by atoms with Crippen molar-refractivity contribution < 1.29 is 9.31 Å². The van der Waals surface area contributed by atoms with Gasteiger partial charge in [-0.05, 0) is 30.4 Å². The molecule has 1 aliphatic rings. The van der Waals surface area contributed by atoms with Crippen molar-refractivity contribution in [2.75, 3.05) is 11.4 Å². The number of halogens is 1. The lowest BCUT2D eigenvalue weighted by Crippen LogP contribution is -2.22. The minimum absolute atomic E-state index is 0.172. The number of nitrogens with zero attached hydrogens (tertiary/aromatic N) is 2. The van der Waals surface area contributed by atoms with Crippen LogP contribution in [0.5, 0.6) is 0 Å². The first-order valence-corrected chi connectivity index (χ1v) is 7.29. The van der Waals surface area contributed by atoms with E-state index in [1.165, 1.54) is 17.0 Å². The number of nitro groups is 1. The van der Waals surface area contributed by atoms with Gasteiger partial charge in [-0.3, -0.25) is 10.1 Å². The number of benzene rings is 1. The topological polar surface area (TPSA) is 46.4 Å². The van der Waals surface area contributed by atoms with E-state index >= 15 is 0 Å². The zero-order valence-corrected chi connectivity index (χ0v) is 11.5. The summed E-state index contributed by atoms with van der Waals surface area (Å²) in [6.45, 7) is 0.775. The average molecular weight is 292 g/mol. The quantitative estimate of drug-likeness (QED) is 0.631. The van der Waals surface area contributed by atoms with Gasteiger partial charge in [0.05, 0.1) is 22.7 Å². The smallest absolute Gasteiger partial charge is 0.272 e. The second kappa shape index (κ2) is 5.20. The predicted octanol–water partition coefficient (Wildman–Crippen LogP) is 4.14. The Labute approximate surface area is 119 Å². The molecule has 4 nitrogen and oxygen atoms in total. The summed E-state index contributed by atoms with van der Waals surface area (Å²) in [4.78, 5) is 13.3. The molecule has 0 spiro atoms. The van der Waals surface area contributed by atoms with Crippen LogP contribution in [0.15, 0.2) is 35.7 Å². The second-order valence-corrected chi connectivity index (χ2v) is 5.74. The summed E-state index contributed by atoms with van der Waals surface area (Å²) in [7, 11) is 0. The Hall–Kier alpha value is -1.95. The maximum Gasteiger partial charge on any atom is 0.272 e. The molecular formula is C14H13FN2O2S. The van der Waals surface area contributed by atoms with Gasteiger partial charge in [0, 0.05) is 17.5 Å². The fourth-order valence-electron chi connectivity index (χ4n) is 2.67. The van der Waals surface area contributed by atoms with Crippen molar-refractivity contribution in [1.29, 1.82) is 0 Å². The Morgan fingerprint density at radius 2 is 2.25 bits per heavy atom. The van der Waals surface area contributed by atoms with E-state index in [1.54, 1.807) is 11.3 Å². The number of hydrogen-bond donors (Lipinski definition) is 0. The molecule has 0 N–H and O–H groups in total. The molecule has 1 fully saturated rings. The SMILES string of the molecule is O=[N+]([O-])c1ccc(N2CCC[C@@H]2c2cccs2)c(F)c1. The molecule has 1 aromatic heterocycles. The summed E-state index contributed by atoms with van der Waals surface area (Å²) < 4.78 is 14.1. The van der Waals surface area contributed by atoms with Gasteiger partial charge < -0.3 is 4.90 Å². The van der Waals surface area contributed by atoms with Crippen LogP contribution >= 0.6 is 11.3 Å². The predicted molar refractivity (Wildman–Crippen MR) is 76.7 cm³/mol. The first-order valence-electron chi connectivity index (χ1n) is 6.41. The van der Waals surface area contributed by atoms with Crippen molar-refractivity contribution in [2.24, 2.45) is 0 Å². The molecule has 1 aromatic carbocycles. The van der Waals surface area contributed by atoms with Gasteiger partial charge in [0.15, 0.2) is 5.82 Å². The number of nitro benzene ring substituents is 1. The van der Waals surface area contributed by atoms with Crippen LogP contribution in [0.1, 0.15) is 23.8 Å². The summed E-state index contributed by atoms with van der Waals surface area (Å²) in [6, 6.07) is 8.09. The van der Waals surface area contributed by atoms with Crippen LogP contribution < -0.4 is 4.90 Å². The van der Waals surface area contributed by atoms with Gasteiger partial charge in [-0.15, -0.1) is 11.3 Å². The van der Waals surface area contributed by atoms with Gasteiger partial charge >= 0.3 is 0 Å². The summed E-state index contributed by atoms with van der Waals surface area (Å²) >= 11 is 1.66. The third-order valence-corrected chi connectivity index (χ3v) is 4.55. The molecule has 0 bridgehead atoms. The molecule has 0 saturated carbocycles. The molecule has 1 saturated heterocycles. The van der Waals surface area contributed by atoms with E-state index in [0.29, 0.717) is 5.69 Å². The molecule has 1 atom stereocenters. The van der Waals surface area contributed by atoms with E-state index in [4.69, 9.17) is 0 Å². The molecule has 2 heterocycles. The first kappa shape index (κ1) is 13.1. The zero-order valence-electron chi connectivity index (χ0n) is 10.7. The molecule has 0 aliphatic carbocycles. The van der Waals surface area contributed by atoms with Gasteiger partial charge in [0.25, 0.3) is 5.69 Å². The molecule has 0 radical (unpaired) electrons. The third kappa shape index (κ3) is 2.27. The van der Waals surface area contributed by atoms with Crippen LogP contribution in [0.4, 0.5) is 15.8 Å². The van der Waals surface area contributed by atoms with Crippen molar-refractivity contribution in [2.45, 2.75) is 18.9 Å². The molecule has 0 unspecified atom stereocenters. The van der Waals surface area contributed by atoms with Gasteiger partial charge in [0.2, 0.25) is 0 Å². The second-order valence-electron chi connectivity index (χ2n) is 4.76. The van der Waals surface area contributed by atoms with Crippen molar-refractivity contribution >= 4 is 22.7 Å². The van der Waals surface area contributed by atoms with Crippen molar-refractivity contribution in [1.82, 2.24) is 0 Å². The Bertz CT molecular complexity index is 630. The van der Waals surface area contributed by atoms with E-state index in [1.807, 2.05) is 16.3 Å². The summed E-state index contributed by atoms with van der Waals surface area (Å²) in [5, 5.41) is 12.7. The standard InChI is InChI=1S/C14H13FN2O2S/c15-11-9-10(17(18)19)5-6-12(11)16-7-1-3-13(16)14-4-2-8-20-14/h2,4-6,8-9,13H,1,3,7H2/t13-/m1/s1. The lowest BCUT2D eigenvalue weighted by atomic mass is 10.1. The maximum absolute atomic E-state index is 14.1. The largest absolute Gasteiger partial charge is 0.361 e. The van der Waals surface area contributed by atoms with E-state index in [9.17, 15) is 14.5 Å². The Balaban J connectivity index is 1.94. The fraction of sp³-hybridized carbons (Fsp3) is 0.286. The van der Waals surface area contributed by atoms with Crippen molar-refractivity contribution in [3.05, 3.63) is 56.5 Å². The van der Waals surface area contributed by atoms with Crippen molar-refractivity contribution in [3.8, 4) is 0 Å². The van der Waals surface area contributed by atoms with Gasteiger partial charge in [0.1, 0.15) is 0 Å². The molecule has 2 aromatic rings. The van der Waals surface area contributed by atoms with Crippen LogP contribution in [0.25, 0.3) is 0 Å². The summed E-state index contributed by atoms with van der Waals surface area (Å²) in [6.07, 6.45) is 1.98. The van der Waals surface area contributed by atoms with Crippen molar-refractivity contribution in [3.63, 3.8) is 0 Å². The van der Waals surface area contributed by atoms with E-state index in [-0.39, 0.29) is 11.7 Å². The van der Waals surface area contributed by atoms with Crippen LogP contribution in [-0.4, -0.2) is 11.5 Å². The van der Waals surface area contributed by atoms with E-state index in [2.05, 4.69) is 6.07 Å². The highest BCUT2D eigenvalue weighted by Gasteiger charge is 2.29. The number of anilines is 1. The summed E-state index contributed by atoms with van der Waals surface area (Å²) in [5.74, 6) is -0.525. The zero-order chi connectivity index (χ0) is 14.1. The Kier molecular flexibility index (Phi) is 3.40. The number of rotatable bonds is 3. The Morgan fingerprint density at radius 1 is 1.40 bits per heavy atom. The third-order valence-electron chi connectivity index (χ3n) is 3.58. The Morgan fingerprint density at radius 3 is 2.90 bits per heavy atom. The summed E-state index contributed by atoms with van der Waals surface area (Å²) in [5.41, 5.74) is 0.240. The van der Waals surface area contributed by atoms with Crippen LogP contribution in [0, 0.1) is 15.9 Å².